The molecule has 1 heterocycles. The van der Waals surface area contributed by atoms with Gasteiger partial charge in [0.1, 0.15) is 13.1 Å². The summed E-state index contributed by atoms with van der Waals surface area (Å²) in [5, 5.41) is 11.7. The number of halogens is 1. The van der Waals surface area contributed by atoms with Gasteiger partial charge in [-0.05, 0) is 30.4 Å². The fourth-order valence-electron chi connectivity index (χ4n) is 4.36. The summed E-state index contributed by atoms with van der Waals surface area (Å²) in [6.07, 6.45) is 5.83. The molecule has 1 aromatic heterocycles. The Morgan fingerprint density at radius 1 is 1.03 bits per heavy atom. The van der Waals surface area contributed by atoms with Gasteiger partial charge in [-0.25, -0.2) is 4.98 Å². The van der Waals surface area contributed by atoms with Crippen LogP contribution in [0.3, 0.4) is 0 Å². The van der Waals surface area contributed by atoms with E-state index in [4.69, 9.17) is 9.15 Å². The topological polar surface area (TPSA) is 55.5 Å². The van der Waals surface area contributed by atoms with E-state index >= 15 is 0 Å². The lowest BCUT2D eigenvalue weighted by atomic mass is 9.69. The van der Waals surface area contributed by atoms with Gasteiger partial charge >= 0.3 is 0 Å². The molecule has 1 fully saturated rings. The van der Waals surface area contributed by atoms with Crippen LogP contribution in [-0.4, -0.2) is 48.4 Å². The minimum Gasteiger partial charge on any atom is -1.00 e. The molecule has 2 aromatic carbocycles. The molecule has 1 N–H and O–H groups in total. The van der Waals surface area contributed by atoms with Crippen molar-refractivity contribution in [1.29, 1.82) is 0 Å². The summed E-state index contributed by atoms with van der Waals surface area (Å²) in [5.74, 6) is 1.36. The molecule has 1 aliphatic rings. The van der Waals surface area contributed by atoms with Crippen LogP contribution in [0, 0.1) is 5.92 Å². The molecule has 0 spiro atoms. The number of rotatable bonds is 11. The first-order valence-corrected chi connectivity index (χ1v) is 11.6. The highest BCUT2D eigenvalue weighted by molar-refractivity contribution is 5.30. The lowest BCUT2D eigenvalue weighted by Crippen LogP contribution is -3.00. The first kappa shape index (κ1) is 25.6. The van der Waals surface area contributed by atoms with Crippen LogP contribution in [0.15, 0.2) is 71.3 Å². The number of aliphatic hydroxyl groups is 1. The number of oxazole rings is 1. The molecule has 0 radical (unpaired) electrons. The Labute approximate surface area is 207 Å². The Morgan fingerprint density at radius 3 is 2.33 bits per heavy atom. The summed E-state index contributed by atoms with van der Waals surface area (Å²) >= 11 is 0. The Hall–Kier alpha value is -1.99. The molecule has 0 amide bonds. The van der Waals surface area contributed by atoms with E-state index in [2.05, 4.69) is 43.3 Å². The highest BCUT2D eigenvalue weighted by Crippen LogP contribution is 2.46. The Bertz CT molecular complexity index is 973. The fourth-order valence-corrected chi connectivity index (χ4v) is 4.36. The molecule has 1 aliphatic carbocycles. The molecule has 1 saturated carbocycles. The van der Waals surface area contributed by atoms with Crippen LogP contribution < -0.4 is 17.0 Å². The van der Waals surface area contributed by atoms with Gasteiger partial charge < -0.3 is 35.7 Å². The van der Waals surface area contributed by atoms with E-state index < -0.39 is 5.60 Å². The predicted octanol–water partition coefficient (Wildman–Crippen LogP) is 1.55. The summed E-state index contributed by atoms with van der Waals surface area (Å²) in [6.45, 7) is 2.99. The van der Waals surface area contributed by atoms with Gasteiger partial charge in [-0.3, -0.25) is 0 Å². The van der Waals surface area contributed by atoms with E-state index in [0.29, 0.717) is 19.0 Å². The minimum atomic E-state index is -1.16. The molecule has 0 aliphatic heterocycles. The maximum absolute atomic E-state index is 11.7. The van der Waals surface area contributed by atoms with Crippen LogP contribution in [-0.2, 0) is 23.3 Å². The van der Waals surface area contributed by atoms with E-state index in [0.717, 1.165) is 54.6 Å². The Kier molecular flexibility index (Phi) is 8.88. The third-order valence-corrected chi connectivity index (χ3v) is 6.59. The van der Waals surface area contributed by atoms with Gasteiger partial charge in [0.25, 0.3) is 0 Å². The average molecular weight is 515 g/mol. The van der Waals surface area contributed by atoms with Crippen molar-refractivity contribution in [3.8, 4) is 0 Å². The van der Waals surface area contributed by atoms with E-state index in [1.54, 1.807) is 6.20 Å². The van der Waals surface area contributed by atoms with Crippen molar-refractivity contribution in [1.82, 2.24) is 4.98 Å². The van der Waals surface area contributed by atoms with Gasteiger partial charge in [-0.2, -0.15) is 0 Å². The second-order valence-corrected chi connectivity index (χ2v) is 9.56. The second-order valence-electron chi connectivity index (χ2n) is 9.56. The zero-order valence-corrected chi connectivity index (χ0v) is 21.2. The van der Waals surface area contributed by atoms with Crippen molar-refractivity contribution >= 4 is 0 Å². The van der Waals surface area contributed by atoms with E-state index in [9.17, 15) is 5.11 Å². The molecule has 1 unspecified atom stereocenters. The maximum Gasteiger partial charge on any atom is 0.231 e. The van der Waals surface area contributed by atoms with Crippen molar-refractivity contribution in [3.63, 3.8) is 0 Å². The molecular weight excluding hydrogens is 480 g/mol. The second kappa shape index (κ2) is 11.4. The lowest BCUT2D eigenvalue weighted by molar-refractivity contribution is -0.904. The quantitative estimate of drug-likeness (QED) is 0.311. The normalized spacial score (nSPS) is 16.0. The Balaban J connectivity index is 0.00000306. The van der Waals surface area contributed by atoms with Crippen LogP contribution in [0.5, 0.6) is 0 Å². The smallest absolute Gasteiger partial charge is 0.231 e. The number of benzene rings is 2. The summed E-state index contributed by atoms with van der Waals surface area (Å²) in [5.41, 5.74) is 1.00. The first-order valence-electron chi connectivity index (χ1n) is 11.6. The van der Waals surface area contributed by atoms with Gasteiger partial charge in [0.15, 0.2) is 11.4 Å². The van der Waals surface area contributed by atoms with Gasteiger partial charge in [0.2, 0.25) is 5.89 Å². The van der Waals surface area contributed by atoms with Gasteiger partial charge in [0.05, 0.1) is 33.5 Å². The third kappa shape index (κ3) is 6.33. The number of aromatic nitrogens is 1. The molecular formula is C27H35BrN2O3. The van der Waals surface area contributed by atoms with Crippen LogP contribution in [0.25, 0.3) is 0 Å². The maximum atomic E-state index is 11.7. The SMILES string of the molecule is C[N+](C)(CCOCCc1ccccc1)Cc1cnc(C(O)(c2ccccc2)C2CCC2)o1.[Br-]. The van der Waals surface area contributed by atoms with Crippen LogP contribution in [0.2, 0.25) is 0 Å². The highest BCUT2D eigenvalue weighted by atomic mass is 79.9. The third-order valence-electron chi connectivity index (χ3n) is 6.59. The molecule has 4 rings (SSSR count). The first-order chi connectivity index (χ1) is 15.5. The number of nitrogens with zero attached hydrogens (tertiary/aromatic N) is 2. The lowest BCUT2D eigenvalue weighted by Gasteiger charge is -2.39. The fraction of sp³-hybridized carbons (Fsp3) is 0.444. The molecule has 178 valence electrons. The van der Waals surface area contributed by atoms with Crippen molar-refractivity contribution in [2.24, 2.45) is 5.92 Å². The molecule has 6 heteroatoms. The molecule has 3 aromatic rings. The van der Waals surface area contributed by atoms with E-state index in [1.807, 2.05) is 36.4 Å². The van der Waals surface area contributed by atoms with Crippen molar-refractivity contribution in [2.75, 3.05) is 33.9 Å². The molecule has 1 atom stereocenters. The van der Waals surface area contributed by atoms with Crippen LogP contribution >= 0.6 is 0 Å². The van der Waals surface area contributed by atoms with Crippen molar-refractivity contribution in [3.05, 3.63) is 89.6 Å². The largest absolute Gasteiger partial charge is 1.00 e. The van der Waals surface area contributed by atoms with Crippen molar-refractivity contribution in [2.45, 2.75) is 37.8 Å². The van der Waals surface area contributed by atoms with E-state index in [1.165, 1.54) is 5.56 Å². The van der Waals surface area contributed by atoms with Crippen LogP contribution in [0.1, 0.15) is 42.0 Å². The van der Waals surface area contributed by atoms with Gasteiger partial charge in [-0.1, -0.05) is 67.1 Å². The standard InChI is InChI=1S/C27H35N2O3.BrH/c1-29(2,17-19-31-18-16-22-10-5-3-6-11-22)21-25-20-28-26(32-25)27(30,24-14-9-15-24)23-12-7-4-8-13-23;/h3-8,10-13,20,24,30H,9,14-19,21H2,1-2H3;1H/q+1;/p-1. The minimum absolute atomic E-state index is 0. The average Bonchev–Trinajstić information content (AvgIpc) is 3.22. The van der Waals surface area contributed by atoms with Gasteiger partial charge in [-0.15, -0.1) is 0 Å². The number of hydrogen-bond acceptors (Lipinski definition) is 4. The molecule has 33 heavy (non-hydrogen) atoms. The zero-order chi connectivity index (χ0) is 22.4. The predicted molar refractivity (Wildman–Crippen MR) is 125 cm³/mol. The zero-order valence-electron chi connectivity index (χ0n) is 19.6. The number of likely N-dealkylation sites (N-methyl/N-ethyl adjacent to an activating group) is 1. The number of hydrogen-bond donors (Lipinski definition) is 1. The van der Waals surface area contributed by atoms with Gasteiger partial charge in [0, 0.05) is 5.92 Å². The monoisotopic (exact) mass is 514 g/mol. The summed E-state index contributed by atoms with van der Waals surface area (Å²) < 4.78 is 12.8. The molecule has 0 bridgehead atoms. The van der Waals surface area contributed by atoms with E-state index in [-0.39, 0.29) is 22.9 Å². The van der Waals surface area contributed by atoms with Crippen LogP contribution in [0.4, 0.5) is 0 Å². The molecule has 5 nitrogen and oxygen atoms in total. The van der Waals surface area contributed by atoms with Crippen molar-refractivity contribution < 1.29 is 35.7 Å². The highest BCUT2D eigenvalue weighted by Gasteiger charge is 2.47. The number of quaternary nitrogens is 1. The summed E-state index contributed by atoms with van der Waals surface area (Å²) in [7, 11) is 4.33. The molecule has 0 saturated heterocycles. The Morgan fingerprint density at radius 2 is 1.70 bits per heavy atom. The summed E-state index contributed by atoms with van der Waals surface area (Å²) in [6, 6.07) is 20.2. The number of ether oxygens (including phenoxy) is 1. The summed E-state index contributed by atoms with van der Waals surface area (Å²) in [4.78, 5) is 4.54.